The number of ether oxygens (including phenoxy) is 1. The molecule has 0 amide bonds. The molecule has 1 atom stereocenters. The molecule has 0 heterocycles. The van der Waals surface area contributed by atoms with Crippen molar-refractivity contribution in [2.75, 3.05) is 19.8 Å². The minimum Gasteiger partial charge on any atom is -0.499 e. The lowest BCUT2D eigenvalue weighted by molar-refractivity contribution is 0.0701. The Morgan fingerprint density at radius 3 is 1.95 bits per heavy atom. The summed E-state index contributed by atoms with van der Waals surface area (Å²) in [4.78, 5) is 0. The molecule has 0 saturated carbocycles. The summed E-state index contributed by atoms with van der Waals surface area (Å²) in [7, 11) is -2.45. The number of unbranched alkanes of at least 4 members (excludes halogenated alkanes) is 1. The van der Waals surface area contributed by atoms with Gasteiger partial charge in [0.05, 0.1) is 12.4 Å². The van der Waals surface area contributed by atoms with Crippen LogP contribution in [0.25, 0.3) is 0 Å². The van der Waals surface area contributed by atoms with E-state index in [9.17, 15) is 0 Å². The van der Waals surface area contributed by atoms with Crippen LogP contribution in [0.4, 0.5) is 0 Å². The second-order valence-corrected chi connectivity index (χ2v) is 7.07. The van der Waals surface area contributed by atoms with Gasteiger partial charge in [0.25, 0.3) is 0 Å². The third kappa shape index (κ3) is 8.42. The lowest BCUT2D eigenvalue weighted by Gasteiger charge is -2.28. The highest BCUT2D eigenvalue weighted by Crippen LogP contribution is 2.20. The van der Waals surface area contributed by atoms with Crippen LogP contribution in [0, 0.1) is 0 Å². The lowest BCUT2D eigenvalue weighted by atomic mass is 10.2. The fraction of sp³-hybridized carbons (Fsp3) is 0.857. The molecule has 0 aliphatic rings. The zero-order valence-corrected chi connectivity index (χ0v) is 13.9. The van der Waals surface area contributed by atoms with E-state index in [-0.39, 0.29) is 6.10 Å². The van der Waals surface area contributed by atoms with Crippen molar-refractivity contribution < 1.29 is 18.0 Å². The third-order valence-corrected chi connectivity index (χ3v) is 5.92. The summed E-state index contributed by atoms with van der Waals surface area (Å²) in [6.45, 7) is 13.5. The smallest absolute Gasteiger partial charge is 0.499 e. The zero-order chi connectivity index (χ0) is 14.6. The standard InChI is InChI=1S/C14H30O4Si/c1-6-15-14(5)12-10-11-13-19(16-7-2,17-8-3)18-9-4/h6,14H,1,7-13H2,2-5H3. The molecule has 5 heteroatoms. The van der Waals surface area contributed by atoms with Crippen molar-refractivity contribution in [3.63, 3.8) is 0 Å². The Kier molecular flexibility index (Phi) is 11.2. The minimum absolute atomic E-state index is 0.222. The van der Waals surface area contributed by atoms with Crippen molar-refractivity contribution in [2.45, 2.75) is 59.1 Å². The Labute approximate surface area is 119 Å². The highest BCUT2D eigenvalue weighted by Gasteiger charge is 2.39. The quantitative estimate of drug-likeness (QED) is 0.294. The number of rotatable bonds is 13. The van der Waals surface area contributed by atoms with E-state index in [1.54, 1.807) is 0 Å². The van der Waals surface area contributed by atoms with Crippen molar-refractivity contribution in [1.82, 2.24) is 0 Å². The average Bonchev–Trinajstić information content (AvgIpc) is 2.36. The van der Waals surface area contributed by atoms with Crippen LogP contribution in [0.5, 0.6) is 0 Å². The van der Waals surface area contributed by atoms with Gasteiger partial charge in [-0.15, -0.1) is 0 Å². The van der Waals surface area contributed by atoms with Crippen LogP contribution in [0.15, 0.2) is 12.8 Å². The Hall–Kier alpha value is -0.363. The van der Waals surface area contributed by atoms with Crippen LogP contribution < -0.4 is 0 Å². The molecule has 0 aromatic heterocycles. The summed E-state index contributed by atoms with van der Waals surface area (Å²) < 4.78 is 22.7. The monoisotopic (exact) mass is 290 g/mol. The van der Waals surface area contributed by atoms with Crippen molar-refractivity contribution in [3.05, 3.63) is 12.8 Å². The van der Waals surface area contributed by atoms with Crippen molar-refractivity contribution in [3.8, 4) is 0 Å². The summed E-state index contributed by atoms with van der Waals surface area (Å²) in [6, 6.07) is 0.878. The van der Waals surface area contributed by atoms with Crippen LogP contribution in [-0.4, -0.2) is 34.7 Å². The Morgan fingerprint density at radius 2 is 1.53 bits per heavy atom. The third-order valence-electron chi connectivity index (χ3n) is 2.76. The molecule has 0 radical (unpaired) electrons. The fourth-order valence-corrected chi connectivity index (χ4v) is 4.69. The number of hydrogen-bond donors (Lipinski definition) is 0. The van der Waals surface area contributed by atoms with Gasteiger partial charge >= 0.3 is 8.80 Å². The van der Waals surface area contributed by atoms with E-state index in [0.717, 1.165) is 25.3 Å². The predicted octanol–water partition coefficient (Wildman–Crippen LogP) is 3.75. The van der Waals surface area contributed by atoms with Crippen LogP contribution in [0.3, 0.4) is 0 Å². The molecule has 1 unspecified atom stereocenters. The normalized spacial score (nSPS) is 13.3. The van der Waals surface area contributed by atoms with Crippen molar-refractivity contribution >= 4 is 8.80 Å². The Morgan fingerprint density at radius 1 is 1.00 bits per heavy atom. The van der Waals surface area contributed by atoms with Crippen LogP contribution in [0.2, 0.25) is 6.04 Å². The molecule has 0 fully saturated rings. The first kappa shape index (κ1) is 18.6. The average molecular weight is 290 g/mol. The van der Waals surface area contributed by atoms with Gasteiger partial charge in [-0.25, -0.2) is 0 Å². The first-order valence-electron chi connectivity index (χ1n) is 7.32. The van der Waals surface area contributed by atoms with Crippen molar-refractivity contribution in [2.24, 2.45) is 0 Å². The molecule has 0 aromatic carbocycles. The molecule has 0 aliphatic carbocycles. The predicted molar refractivity (Wildman–Crippen MR) is 80.0 cm³/mol. The van der Waals surface area contributed by atoms with E-state index in [1.807, 2.05) is 20.8 Å². The lowest BCUT2D eigenvalue weighted by Crippen LogP contribution is -2.45. The first-order valence-corrected chi connectivity index (χ1v) is 9.25. The van der Waals surface area contributed by atoms with E-state index in [1.165, 1.54) is 6.26 Å². The maximum Gasteiger partial charge on any atom is 0.500 e. The molecule has 0 saturated heterocycles. The number of hydrogen-bond acceptors (Lipinski definition) is 4. The van der Waals surface area contributed by atoms with Gasteiger partial charge in [-0.3, -0.25) is 0 Å². The summed E-state index contributed by atoms with van der Waals surface area (Å²) >= 11 is 0. The zero-order valence-electron chi connectivity index (χ0n) is 12.9. The molecule has 19 heavy (non-hydrogen) atoms. The summed E-state index contributed by atoms with van der Waals surface area (Å²) in [5.74, 6) is 0. The van der Waals surface area contributed by atoms with Gasteiger partial charge in [-0.05, 0) is 47.0 Å². The molecular formula is C14H30O4Si. The van der Waals surface area contributed by atoms with Gasteiger partial charge < -0.3 is 18.0 Å². The van der Waals surface area contributed by atoms with Gasteiger partial charge in [0.1, 0.15) is 0 Å². The maximum absolute atomic E-state index is 5.81. The highest BCUT2D eigenvalue weighted by molar-refractivity contribution is 6.60. The minimum atomic E-state index is -2.45. The fourth-order valence-electron chi connectivity index (χ4n) is 2.01. The highest BCUT2D eigenvalue weighted by atomic mass is 28.4. The first-order chi connectivity index (χ1) is 9.14. The van der Waals surface area contributed by atoms with E-state index in [0.29, 0.717) is 19.8 Å². The van der Waals surface area contributed by atoms with Gasteiger partial charge in [-0.2, -0.15) is 0 Å². The summed E-state index contributed by atoms with van der Waals surface area (Å²) in [6.07, 6.45) is 4.86. The largest absolute Gasteiger partial charge is 0.500 e. The topological polar surface area (TPSA) is 36.9 Å². The molecule has 0 bridgehead atoms. The van der Waals surface area contributed by atoms with Gasteiger partial charge in [0.15, 0.2) is 0 Å². The summed E-state index contributed by atoms with van der Waals surface area (Å²) in [5.41, 5.74) is 0. The second kappa shape index (κ2) is 11.5. The van der Waals surface area contributed by atoms with Crippen LogP contribution in [0.1, 0.15) is 47.0 Å². The maximum atomic E-state index is 5.81. The Balaban J connectivity index is 4.12. The molecule has 0 N–H and O–H groups in total. The van der Waals surface area contributed by atoms with E-state index in [4.69, 9.17) is 18.0 Å². The molecule has 4 nitrogen and oxygen atoms in total. The van der Waals surface area contributed by atoms with Crippen LogP contribution in [-0.2, 0) is 18.0 Å². The van der Waals surface area contributed by atoms with E-state index < -0.39 is 8.80 Å². The van der Waals surface area contributed by atoms with Crippen molar-refractivity contribution in [1.29, 1.82) is 0 Å². The summed E-state index contributed by atoms with van der Waals surface area (Å²) in [5, 5.41) is 0. The molecule has 0 aliphatic heterocycles. The van der Waals surface area contributed by atoms with E-state index >= 15 is 0 Å². The van der Waals surface area contributed by atoms with E-state index in [2.05, 4.69) is 13.5 Å². The SMILES string of the molecule is C=COC(C)CCCC[Si](OCC)(OCC)OCC. The van der Waals surface area contributed by atoms with Gasteiger partial charge in [0, 0.05) is 25.9 Å². The van der Waals surface area contributed by atoms with Crippen LogP contribution >= 0.6 is 0 Å². The van der Waals surface area contributed by atoms with Gasteiger partial charge in [0.2, 0.25) is 0 Å². The molecular weight excluding hydrogens is 260 g/mol. The Bertz CT molecular complexity index is 206. The van der Waals surface area contributed by atoms with Gasteiger partial charge in [-0.1, -0.05) is 6.58 Å². The molecule has 0 spiro atoms. The molecule has 0 aromatic rings. The molecule has 0 rings (SSSR count). The molecule has 114 valence electrons. The second-order valence-electron chi connectivity index (χ2n) is 4.34.